The van der Waals surface area contributed by atoms with Crippen LogP contribution in [0.5, 0.6) is 0 Å². The van der Waals surface area contributed by atoms with Crippen molar-refractivity contribution in [1.82, 2.24) is 20.9 Å². The number of benzene rings is 1. The Bertz CT molecular complexity index is 818. The first-order valence-corrected chi connectivity index (χ1v) is 10.3. The number of nitrogens with one attached hydrogen (secondary N) is 3. The van der Waals surface area contributed by atoms with E-state index >= 15 is 0 Å². The summed E-state index contributed by atoms with van der Waals surface area (Å²) < 4.78 is 0. The summed E-state index contributed by atoms with van der Waals surface area (Å²) in [5, 5.41) is 8.71. The lowest BCUT2D eigenvalue weighted by molar-refractivity contribution is -0.125. The highest BCUT2D eigenvalue weighted by molar-refractivity contribution is 14.0. The summed E-state index contributed by atoms with van der Waals surface area (Å²) in [4.78, 5) is 30.5. The number of halogens is 1. The number of nitrogens with zero attached hydrogens (tertiary/aromatic N) is 2. The Morgan fingerprint density at radius 1 is 1.30 bits per heavy atom. The molecule has 1 aromatic carbocycles. The van der Waals surface area contributed by atoms with Crippen molar-refractivity contribution in [3.63, 3.8) is 0 Å². The maximum atomic E-state index is 12.2. The van der Waals surface area contributed by atoms with Crippen LogP contribution in [0, 0.1) is 12.8 Å². The van der Waals surface area contributed by atoms with Gasteiger partial charge in [-0.3, -0.25) is 15.1 Å². The minimum absolute atomic E-state index is 0. The number of aryl methyl sites for hydroxylation is 1. The van der Waals surface area contributed by atoms with Gasteiger partial charge in [0.1, 0.15) is 5.54 Å². The van der Waals surface area contributed by atoms with Gasteiger partial charge in [0.25, 0.3) is 5.91 Å². The van der Waals surface area contributed by atoms with Gasteiger partial charge in [-0.2, -0.15) is 0 Å². The third-order valence-corrected chi connectivity index (χ3v) is 6.38. The highest BCUT2D eigenvalue weighted by atomic mass is 127. The van der Waals surface area contributed by atoms with Crippen molar-refractivity contribution in [3.05, 3.63) is 35.4 Å². The molecule has 166 valence electrons. The van der Waals surface area contributed by atoms with Crippen LogP contribution in [0.4, 0.5) is 4.79 Å². The largest absolute Gasteiger partial charge is 0.355 e. The molecule has 2 aliphatic rings. The molecule has 2 aliphatic heterocycles. The predicted octanol–water partition coefficient (Wildman–Crippen LogP) is 2.78. The van der Waals surface area contributed by atoms with Crippen LogP contribution in [0.1, 0.15) is 44.7 Å². The number of hydrogen-bond donors (Lipinski definition) is 3. The highest BCUT2D eigenvalue weighted by Crippen LogP contribution is 2.31. The van der Waals surface area contributed by atoms with E-state index in [1.54, 1.807) is 7.05 Å². The lowest BCUT2D eigenvalue weighted by Crippen LogP contribution is -2.56. The summed E-state index contributed by atoms with van der Waals surface area (Å²) in [5.74, 6) is 0.782. The van der Waals surface area contributed by atoms with Crippen molar-refractivity contribution in [1.29, 1.82) is 0 Å². The average molecular weight is 527 g/mol. The summed E-state index contributed by atoms with van der Waals surface area (Å²) in [6.45, 7) is 10.8. The lowest BCUT2D eigenvalue weighted by Gasteiger charge is -2.40. The van der Waals surface area contributed by atoms with Crippen LogP contribution in [0.25, 0.3) is 0 Å². The molecule has 2 saturated heterocycles. The quantitative estimate of drug-likeness (QED) is 0.243. The molecule has 2 fully saturated rings. The molecule has 30 heavy (non-hydrogen) atoms. The van der Waals surface area contributed by atoms with Gasteiger partial charge in [-0.1, -0.05) is 43.7 Å². The van der Waals surface area contributed by atoms with Gasteiger partial charge in [-0.05, 0) is 38.2 Å². The summed E-state index contributed by atoms with van der Waals surface area (Å²) in [6.07, 6.45) is 1.65. The molecule has 3 N–H and O–H groups in total. The number of guanidine groups is 1. The van der Waals surface area contributed by atoms with Crippen LogP contribution in [-0.2, 0) is 10.2 Å². The third-order valence-electron chi connectivity index (χ3n) is 6.38. The number of rotatable bonds is 4. The monoisotopic (exact) mass is 527 g/mol. The molecule has 3 amide bonds. The van der Waals surface area contributed by atoms with E-state index in [0.717, 1.165) is 38.4 Å². The van der Waals surface area contributed by atoms with Crippen molar-refractivity contribution in [2.45, 2.75) is 51.5 Å². The molecule has 0 bridgehead atoms. The molecule has 1 atom stereocenters. The molecule has 2 heterocycles. The van der Waals surface area contributed by atoms with E-state index in [9.17, 15) is 9.59 Å². The minimum atomic E-state index is -0.812. The Morgan fingerprint density at radius 3 is 2.50 bits per heavy atom. The zero-order valence-corrected chi connectivity index (χ0v) is 20.9. The number of hydrogen-bond acceptors (Lipinski definition) is 3. The van der Waals surface area contributed by atoms with E-state index in [1.807, 2.05) is 6.92 Å². The number of urea groups is 1. The Hall–Kier alpha value is -1.84. The number of carbonyl (C=O) groups is 2. The second kappa shape index (κ2) is 9.53. The minimum Gasteiger partial charge on any atom is -0.355 e. The van der Waals surface area contributed by atoms with Gasteiger partial charge in [0.2, 0.25) is 0 Å². The Morgan fingerprint density at radius 2 is 1.97 bits per heavy atom. The number of likely N-dealkylation sites (tertiary alicyclic amines) is 1. The maximum absolute atomic E-state index is 12.2. The average Bonchev–Trinajstić information content (AvgIpc) is 2.95. The van der Waals surface area contributed by atoms with E-state index < -0.39 is 11.6 Å². The number of aliphatic imine (C=N–C) groups is 1. The van der Waals surface area contributed by atoms with Crippen molar-refractivity contribution in [3.8, 4) is 0 Å². The fourth-order valence-electron chi connectivity index (χ4n) is 4.31. The van der Waals surface area contributed by atoms with Crippen LogP contribution >= 0.6 is 24.0 Å². The van der Waals surface area contributed by atoms with Gasteiger partial charge in [0, 0.05) is 32.1 Å². The predicted molar refractivity (Wildman–Crippen MR) is 130 cm³/mol. The summed E-state index contributed by atoms with van der Waals surface area (Å²) in [6, 6.07) is 8.23. The summed E-state index contributed by atoms with van der Waals surface area (Å²) in [5.41, 5.74) is 1.72. The zero-order valence-electron chi connectivity index (χ0n) is 18.5. The standard InChI is InChI=1S/C22H33N5O2.HI/c1-15-7-6-8-17(13-15)21(2,3)14-24-19(23-5)27-11-9-16(10-12-27)22(4)18(28)25-20(29)26-22;/h6-8,13,16H,9-12,14H2,1-5H3,(H,23,24)(H2,25,26,28,29);1H. The van der Waals surface area contributed by atoms with E-state index in [0.29, 0.717) is 0 Å². The molecule has 8 heteroatoms. The summed E-state index contributed by atoms with van der Waals surface area (Å²) >= 11 is 0. The molecule has 3 rings (SSSR count). The second-order valence-electron chi connectivity index (χ2n) is 9.03. The van der Waals surface area contributed by atoms with Gasteiger partial charge < -0.3 is 15.5 Å². The number of carbonyl (C=O) groups excluding carboxylic acids is 2. The topological polar surface area (TPSA) is 85.8 Å². The molecule has 1 unspecified atom stereocenters. The molecular weight excluding hydrogens is 493 g/mol. The molecule has 0 aliphatic carbocycles. The van der Waals surface area contributed by atoms with Gasteiger partial charge in [-0.15, -0.1) is 24.0 Å². The second-order valence-corrected chi connectivity index (χ2v) is 9.03. The van der Waals surface area contributed by atoms with Crippen molar-refractivity contribution >= 4 is 41.9 Å². The molecule has 1 aromatic rings. The van der Waals surface area contributed by atoms with Crippen LogP contribution in [-0.4, -0.2) is 55.0 Å². The van der Waals surface area contributed by atoms with Crippen LogP contribution in [0.2, 0.25) is 0 Å². The van der Waals surface area contributed by atoms with Gasteiger partial charge in [0.15, 0.2) is 5.96 Å². The van der Waals surface area contributed by atoms with Crippen molar-refractivity contribution in [2.75, 3.05) is 26.7 Å². The Labute approximate surface area is 196 Å². The Kier molecular flexibility index (Phi) is 7.76. The van der Waals surface area contributed by atoms with E-state index in [-0.39, 0.29) is 41.2 Å². The first-order valence-electron chi connectivity index (χ1n) is 10.3. The normalized spacial score (nSPS) is 23.0. The van der Waals surface area contributed by atoms with Crippen LogP contribution in [0.15, 0.2) is 29.3 Å². The van der Waals surface area contributed by atoms with Crippen molar-refractivity contribution < 1.29 is 9.59 Å². The van der Waals surface area contributed by atoms with Crippen LogP contribution in [0.3, 0.4) is 0 Å². The van der Waals surface area contributed by atoms with Gasteiger partial charge in [-0.25, -0.2) is 4.79 Å². The maximum Gasteiger partial charge on any atom is 0.322 e. The van der Waals surface area contributed by atoms with Crippen LogP contribution < -0.4 is 16.0 Å². The molecule has 0 aromatic heterocycles. The van der Waals surface area contributed by atoms with E-state index in [4.69, 9.17) is 0 Å². The number of imide groups is 1. The lowest BCUT2D eigenvalue weighted by atomic mass is 9.79. The highest BCUT2D eigenvalue weighted by Gasteiger charge is 2.48. The molecular formula is C22H34IN5O2. The van der Waals surface area contributed by atoms with Gasteiger partial charge in [0.05, 0.1) is 0 Å². The fourth-order valence-corrected chi connectivity index (χ4v) is 4.31. The SMILES string of the molecule is CN=C(NCC(C)(C)c1cccc(C)c1)N1CCC(C2(C)NC(=O)NC2=O)CC1.I. The third kappa shape index (κ3) is 5.07. The smallest absolute Gasteiger partial charge is 0.322 e. The first kappa shape index (κ1) is 24.4. The molecule has 0 spiro atoms. The van der Waals surface area contributed by atoms with Crippen molar-refractivity contribution in [2.24, 2.45) is 10.9 Å². The molecule has 0 saturated carbocycles. The fraction of sp³-hybridized carbons (Fsp3) is 0.591. The van der Waals surface area contributed by atoms with Gasteiger partial charge >= 0.3 is 6.03 Å². The molecule has 0 radical (unpaired) electrons. The number of amides is 3. The zero-order chi connectivity index (χ0) is 21.2. The Balaban J connectivity index is 0.00000320. The molecule has 7 nitrogen and oxygen atoms in total. The van der Waals surface area contributed by atoms with E-state index in [2.05, 4.69) is 70.9 Å². The summed E-state index contributed by atoms with van der Waals surface area (Å²) in [7, 11) is 1.81. The van der Waals surface area contributed by atoms with E-state index in [1.165, 1.54) is 11.1 Å². The number of piperidine rings is 1. The first-order chi connectivity index (χ1) is 13.7.